The minimum atomic E-state index is 0.133. The van der Waals surface area contributed by atoms with Crippen LogP contribution in [0.2, 0.25) is 0 Å². The third-order valence-corrected chi connectivity index (χ3v) is 3.10. The molecule has 15 heavy (non-hydrogen) atoms. The van der Waals surface area contributed by atoms with E-state index in [-0.39, 0.29) is 11.5 Å². The van der Waals surface area contributed by atoms with E-state index in [9.17, 15) is 0 Å². The fraction of sp³-hybridized carbons (Fsp3) is 0.750. The van der Waals surface area contributed by atoms with Crippen LogP contribution in [-0.4, -0.2) is 15.6 Å². The highest BCUT2D eigenvalue weighted by Gasteiger charge is 2.27. The molecule has 0 saturated carbocycles. The second-order valence-electron chi connectivity index (χ2n) is 5.78. The van der Waals surface area contributed by atoms with E-state index in [1.807, 2.05) is 0 Å². The van der Waals surface area contributed by atoms with Crippen molar-refractivity contribution in [3.05, 3.63) is 17.7 Å². The Morgan fingerprint density at radius 3 is 2.73 bits per heavy atom. The molecule has 0 saturated heterocycles. The Labute approximate surface area is 91.7 Å². The molecule has 0 spiro atoms. The van der Waals surface area contributed by atoms with Crippen molar-refractivity contribution >= 4 is 0 Å². The topological polar surface area (TPSA) is 43.8 Å². The van der Waals surface area contributed by atoms with Crippen molar-refractivity contribution in [2.24, 2.45) is 5.73 Å². The molecule has 0 aliphatic carbocycles. The highest BCUT2D eigenvalue weighted by molar-refractivity contribution is 5.17. The molecular formula is C12H21N3. The largest absolute Gasteiger partial charge is 0.333 e. The molecule has 1 aliphatic rings. The summed E-state index contributed by atoms with van der Waals surface area (Å²) < 4.78 is 2.24. The first-order chi connectivity index (χ1) is 6.88. The van der Waals surface area contributed by atoms with Gasteiger partial charge in [0.15, 0.2) is 0 Å². The number of rotatable bonds is 0. The first-order valence-corrected chi connectivity index (χ1v) is 5.71. The van der Waals surface area contributed by atoms with Crippen LogP contribution in [0.3, 0.4) is 0 Å². The number of nitrogens with two attached hydrogens (primary N) is 1. The molecule has 2 heterocycles. The summed E-state index contributed by atoms with van der Waals surface area (Å²) in [5.41, 5.74) is 7.32. The monoisotopic (exact) mass is 207 g/mol. The Balaban J connectivity index is 2.39. The highest BCUT2D eigenvalue weighted by Crippen LogP contribution is 2.29. The van der Waals surface area contributed by atoms with Gasteiger partial charge in [-0.25, -0.2) is 4.98 Å². The molecule has 0 bridgehead atoms. The average Bonchev–Trinajstić information content (AvgIpc) is 2.46. The van der Waals surface area contributed by atoms with Crippen LogP contribution in [0.1, 0.15) is 51.6 Å². The standard InChI is InChI=1S/C12H21N3/c1-8-5-9(13)6-15-7-10(12(2,3)4)14-11(8)15/h7-9H,5-6,13H2,1-4H3. The van der Waals surface area contributed by atoms with Crippen LogP contribution < -0.4 is 5.73 Å². The number of hydrogen-bond acceptors (Lipinski definition) is 2. The van der Waals surface area contributed by atoms with Gasteiger partial charge in [-0.3, -0.25) is 0 Å². The predicted octanol–water partition coefficient (Wildman–Crippen LogP) is 2.02. The lowest BCUT2D eigenvalue weighted by atomic mass is 9.93. The van der Waals surface area contributed by atoms with Gasteiger partial charge in [-0.15, -0.1) is 0 Å². The third kappa shape index (κ3) is 1.93. The highest BCUT2D eigenvalue weighted by atomic mass is 15.1. The Morgan fingerprint density at radius 1 is 1.47 bits per heavy atom. The molecule has 84 valence electrons. The number of imidazole rings is 1. The summed E-state index contributed by atoms with van der Waals surface area (Å²) in [6.07, 6.45) is 3.23. The second kappa shape index (κ2) is 3.34. The second-order valence-corrected chi connectivity index (χ2v) is 5.78. The number of nitrogens with zero attached hydrogens (tertiary/aromatic N) is 2. The third-order valence-electron chi connectivity index (χ3n) is 3.10. The summed E-state index contributed by atoms with van der Waals surface area (Å²) in [6, 6.07) is 0.287. The van der Waals surface area contributed by atoms with E-state index in [1.54, 1.807) is 0 Å². The molecule has 1 aromatic heterocycles. The smallest absolute Gasteiger partial charge is 0.111 e. The summed E-state index contributed by atoms with van der Waals surface area (Å²) in [5.74, 6) is 1.70. The van der Waals surface area contributed by atoms with Crippen LogP contribution in [0.5, 0.6) is 0 Å². The van der Waals surface area contributed by atoms with Crippen LogP contribution in [-0.2, 0) is 12.0 Å². The molecule has 0 amide bonds. The van der Waals surface area contributed by atoms with Gasteiger partial charge in [-0.05, 0) is 6.42 Å². The first kappa shape index (κ1) is 10.7. The lowest BCUT2D eigenvalue weighted by Gasteiger charge is -2.25. The minimum absolute atomic E-state index is 0.133. The van der Waals surface area contributed by atoms with Crippen molar-refractivity contribution < 1.29 is 0 Å². The molecule has 2 rings (SSSR count). The zero-order valence-corrected chi connectivity index (χ0v) is 10.1. The van der Waals surface area contributed by atoms with Crippen molar-refractivity contribution in [1.82, 2.24) is 9.55 Å². The maximum atomic E-state index is 6.01. The lowest BCUT2D eigenvalue weighted by Crippen LogP contribution is -2.33. The van der Waals surface area contributed by atoms with E-state index >= 15 is 0 Å². The van der Waals surface area contributed by atoms with Gasteiger partial charge in [-0.2, -0.15) is 0 Å². The summed E-state index contributed by atoms with van der Waals surface area (Å²) in [6.45, 7) is 9.73. The number of aromatic nitrogens is 2. The van der Waals surface area contributed by atoms with Crippen molar-refractivity contribution in [3.63, 3.8) is 0 Å². The average molecular weight is 207 g/mol. The molecule has 3 nitrogen and oxygen atoms in total. The van der Waals surface area contributed by atoms with Crippen molar-refractivity contribution in [2.75, 3.05) is 0 Å². The SMILES string of the molecule is CC1CC(N)Cn2cc(C(C)(C)C)nc21. The summed E-state index contributed by atoms with van der Waals surface area (Å²) >= 11 is 0. The van der Waals surface area contributed by atoms with Gasteiger partial charge in [0, 0.05) is 30.1 Å². The normalized spacial score (nSPS) is 26.5. The molecule has 0 radical (unpaired) electrons. The molecule has 1 aromatic rings. The number of fused-ring (bicyclic) bond motifs is 1. The van der Waals surface area contributed by atoms with Gasteiger partial charge >= 0.3 is 0 Å². The summed E-state index contributed by atoms with van der Waals surface area (Å²) in [4.78, 5) is 4.74. The Morgan fingerprint density at radius 2 is 2.13 bits per heavy atom. The van der Waals surface area contributed by atoms with Crippen LogP contribution >= 0.6 is 0 Å². The van der Waals surface area contributed by atoms with E-state index < -0.39 is 0 Å². The maximum absolute atomic E-state index is 6.01. The van der Waals surface area contributed by atoms with E-state index in [0.717, 1.165) is 13.0 Å². The van der Waals surface area contributed by atoms with Gasteiger partial charge in [0.2, 0.25) is 0 Å². The van der Waals surface area contributed by atoms with Gasteiger partial charge in [-0.1, -0.05) is 27.7 Å². The molecule has 0 aromatic carbocycles. The van der Waals surface area contributed by atoms with E-state index in [0.29, 0.717) is 5.92 Å². The van der Waals surface area contributed by atoms with Crippen LogP contribution in [0.15, 0.2) is 6.20 Å². The van der Waals surface area contributed by atoms with Gasteiger partial charge in [0.05, 0.1) is 5.69 Å². The zero-order valence-electron chi connectivity index (χ0n) is 10.1. The first-order valence-electron chi connectivity index (χ1n) is 5.71. The van der Waals surface area contributed by atoms with E-state index in [4.69, 9.17) is 10.7 Å². The van der Waals surface area contributed by atoms with Crippen molar-refractivity contribution in [1.29, 1.82) is 0 Å². The molecule has 2 N–H and O–H groups in total. The van der Waals surface area contributed by atoms with E-state index in [1.165, 1.54) is 11.5 Å². The van der Waals surface area contributed by atoms with Crippen LogP contribution in [0, 0.1) is 0 Å². The summed E-state index contributed by atoms with van der Waals surface area (Å²) in [5, 5.41) is 0. The maximum Gasteiger partial charge on any atom is 0.111 e. The minimum Gasteiger partial charge on any atom is -0.333 e. The molecular weight excluding hydrogens is 186 g/mol. The Hall–Kier alpha value is -0.830. The molecule has 3 heteroatoms. The molecule has 1 aliphatic heterocycles. The van der Waals surface area contributed by atoms with Gasteiger partial charge < -0.3 is 10.3 Å². The quantitative estimate of drug-likeness (QED) is 0.707. The van der Waals surface area contributed by atoms with Gasteiger partial charge in [0.25, 0.3) is 0 Å². The Kier molecular flexibility index (Phi) is 2.38. The van der Waals surface area contributed by atoms with Gasteiger partial charge in [0.1, 0.15) is 5.82 Å². The fourth-order valence-corrected chi connectivity index (χ4v) is 2.22. The summed E-state index contributed by atoms with van der Waals surface area (Å²) in [7, 11) is 0. The van der Waals surface area contributed by atoms with Crippen LogP contribution in [0.25, 0.3) is 0 Å². The van der Waals surface area contributed by atoms with Crippen molar-refractivity contribution in [3.8, 4) is 0 Å². The molecule has 0 fully saturated rings. The molecule has 2 atom stereocenters. The fourth-order valence-electron chi connectivity index (χ4n) is 2.22. The van der Waals surface area contributed by atoms with E-state index in [2.05, 4.69) is 38.5 Å². The van der Waals surface area contributed by atoms with Crippen molar-refractivity contribution in [2.45, 2.75) is 58.0 Å². The lowest BCUT2D eigenvalue weighted by molar-refractivity contribution is 0.407. The van der Waals surface area contributed by atoms with Crippen LogP contribution in [0.4, 0.5) is 0 Å². The zero-order chi connectivity index (χ0) is 11.2. The molecule has 2 unspecified atom stereocenters. The predicted molar refractivity (Wildman–Crippen MR) is 61.9 cm³/mol. The Bertz CT molecular complexity index is 359. The number of hydrogen-bond donors (Lipinski definition) is 1.